The van der Waals surface area contributed by atoms with Gasteiger partial charge in [0.05, 0.1) is 18.1 Å². The fourth-order valence-electron chi connectivity index (χ4n) is 4.15. The van der Waals surface area contributed by atoms with Crippen molar-refractivity contribution in [3.05, 3.63) is 99.5 Å². The van der Waals surface area contributed by atoms with Crippen LogP contribution in [0.3, 0.4) is 0 Å². The molecule has 0 spiro atoms. The summed E-state index contributed by atoms with van der Waals surface area (Å²) in [5, 5.41) is 8.33. The summed E-state index contributed by atoms with van der Waals surface area (Å²) in [6.45, 7) is 6.39. The molecule has 1 N–H and O–H groups in total. The van der Waals surface area contributed by atoms with Crippen LogP contribution in [-0.2, 0) is 17.9 Å². The van der Waals surface area contributed by atoms with Crippen molar-refractivity contribution in [2.24, 2.45) is 0 Å². The van der Waals surface area contributed by atoms with Crippen molar-refractivity contribution in [2.75, 3.05) is 6.54 Å². The van der Waals surface area contributed by atoms with Gasteiger partial charge in [0.2, 0.25) is 5.91 Å². The summed E-state index contributed by atoms with van der Waals surface area (Å²) in [7, 11) is 0. The minimum Gasteiger partial charge on any atom is -0.354 e. The van der Waals surface area contributed by atoms with Crippen LogP contribution in [0.2, 0.25) is 0 Å². The van der Waals surface area contributed by atoms with Gasteiger partial charge in [-0.3, -0.25) is 9.59 Å². The first-order valence-corrected chi connectivity index (χ1v) is 11.0. The number of amides is 1. The molecule has 1 unspecified atom stereocenters. The molecule has 0 bridgehead atoms. The maximum absolute atomic E-state index is 14.2. The first-order chi connectivity index (χ1) is 15.9. The Balaban J connectivity index is 1.54. The Morgan fingerprint density at radius 2 is 1.76 bits per heavy atom. The van der Waals surface area contributed by atoms with Gasteiger partial charge in [-0.1, -0.05) is 55.5 Å². The first kappa shape index (κ1) is 22.5. The molecule has 0 aliphatic carbocycles. The van der Waals surface area contributed by atoms with Crippen LogP contribution in [0.1, 0.15) is 35.4 Å². The van der Waals surface area contributed by atoms with Gasteiger partial charge in [0.25, 0.3) is 5.56 Å². The van der Waals surface area contributed by atoms with E-state index in [2.05, 4.69) is 10.4 Å². The third-order valence-electron chi connectivity index (χ3n) is 6.16. The summed E-state index contributed by atoms with van der Waals surface area (Å²) in [5.74, 6) is -0.405. The van der Waals surface area contributed by atoms with Gasteiger partial charge in [0, 0.05) is 28.9 Å². The van der Waals surface area contributed by atoms with E-state index >= 15 is 0 Å². The van der Waals surface area contributed by atoms with Gasteiger partial charge in [-0.05, 0) is 31.4 Å². The monoisotopic (exact) mass is 446 g/mol. The Morgan fingerprint density at radius 1 is 1.06 bits per heavy atom. The fourth-order valence-corrected chi connectivity index (χ4v) is 4.15. The van der Waals surface area contributed by atoms with Crippen molar-refractivity contribution in [3.63, 3.8) is 0 Å². The van der Waals surface area contributed by atoms with E-state index in [4.69, 9.17) is 0 Å². The molecule has 6 nitrogen and oxygen atoms in total. The number of aryl methyl sites for hydroxylation is 2. The molecule has 1 amide bonds. The average molecular weight is 447 g/mol. The van der Waals surface area contributed by atoms with Gasteiger partial charge < -0.3 is 9.88 Å². The number of benzene rings is 2. The maximum Gasteiger partial charge on any atom is 0.276 e. The molecule has 4 aromatic rings. The molecule has 2 aromatic carbocycles. The van der Waals surface area contributed by atoms with E-state index in [-0.39, 0.29) is 29.7 Å². The van der Waals surface area contributed by atoms with Crippen LogP contribution in [0.4, 0.5) is 4.39 Å². The van der Waals surface area contributed by atoms with E-state index in [1.165, 1.54) is 10.7 Å². The largest absolute Gasteiger partial charge is 0.354 e. The van der Waals surface area contributed by atoms with Crippen molar-refractivity contribution >= 4 is 16.7 Å². The van der Waals surface area contributed by atoms with E-state index < -0.39 is 0 Å². The third-order valence-corrected chi connectivity index (χ3v) is 6.16. The predicted octanol–water partition coefficient (Wildman–Crippen LogP) is 3.92. The van der Waals surface area contributed by atoms with Crippen LogP contribution < -0.4 is 10.9 Å². The highest BCUT2D eigenvalue weighted by Crippen LogP contribution is 2.23. The summed E-state index contributed by atoms with van der Waals surface area (Å²) in [5.41, 5.74) is 2.92. The molecule has 0 aliphatic rings. The molecule has 170 valence electrons. The normalized spacial score (nSPS) is 12.1. The molecule has 1 atom stereocenters. The number of halogens is 1. The van der Waals surface area contributed by atoms with Gasteiger partial charge in [-0.2, -0.15) is 5.10 Å². The van der Waals surface area contributed by atoms with E-state index in [9.17, 15) is 14.0 Å². The second-order valence-corrected chi connectivity index (χ2v) is 8.36. The summed E-state index contributed by atoms with van der Waals surface area (Å²) in [6.07, 6.45) is 1.61. The lowest BCUT2D eigenvalue weighted by molar-refractivity contribution is -0.121. The summed E-state index contributed by atoms with van der Waals surface area (Å²) in [4.78, 5) is 25.7. The molecule has 0 fully saturated rings. The Labute approximate surface area is 191 Å². The lowest BCUT2D eigenvalue weighted by atomic mass is 10.0. The van der Waals surface area contributed by atoms with Crippen LogP contribution in [0.25, 0.3) is 10.8 Å². The van der Waals surface area contributed by atoms with Gasteiger partial charge in [0.1, 0.15) is 12.4 Å². The second kappa shape index (κ2) is 9.40. The maximum atomic E-state index is 14.2. The van der Waals surface area contributed by atoms with Crippen LogP contribution in [0.15, 0.2) is 65.6 Å². The predicted molar refractivity (Wildman–Crippen MR) is 127 cm³/mol. The molecule has 4 rings (SSSR count). The lowest BCUT2D eigenvalue weighted by Gasteiger charge is -2.13. The van der Waals surface area contributed by atoms with E-state index in [1.807, 2.05) is 55.7 Å². The van der Waals surface area contributed by atoms with Gasteiger partial charge in [-0.15, -0.1) is 0 Å². The van der Waals surface area contributed by atoms with Crippen LogP contribution in [0.5, 0.6) is 0 Å². The lowest BCUT2D eigenvalue weighted by Crippen LogP contribution is -2.35. The third kappa shape index (κ3) is 4.58. The van der Waals surface area contributed by atoms with Gasteiger partial charge in [0.15, 0.2) is 0 Å². The van der Waals surface area contributed by atoms with Crippen molar-refractivity contribution in [1.82, 2.24) is 19.7 Å². The number of carbonyl (C=O) groups is 1. The zero-order chi connectivity index (χ0) is 23.5. The molecule has 0 saturated carbocycles. The smallest absolute Gasteiger partial charge is 0.276 e. The summed E-state index contributed by atoms with van der Waals surface area (Å²) >= 11 is 0. The number of fused-ring (bicyclic) bond motifs is 1. The topological polar surface area (TPSA) is 68.9 Å². The highest BCUT2D eigenvalue weighted by Gasteiger charge is 2.18. The van der Waals surface area contributed by atoms with E-state index in [0.29, 0.717) is 29.4 Å². The van der Waals surface area contributed by atoms with E-state index in [0.717, 1.165) is 17.0 Å². The Morgan fingerprint density at radius 3 is 2.48 bits per heavy atom. The van der Waals surface area contributed by atoms with Crippen molar-refractivity contribution in [3.8, 4) is 0 Å². The van der Waals surface area contributed by atoms with Crippen molar-refractivity contribution in [1.29, 1.82) is 0 Å². The Bertz CT molecular complexity index is 1360. The summed E-state index contributed by atoms with van der Waals surface area (Å²) < 4.78 is 17.3. The SMILES string of the molecule is Cc1c2cnn(CC(=O)NCC(C)c3ccccc3)c(=O)c2c(C)n1Cc1ccccc1F. The quantitative estimate of drug-likeness (QED) is 0.468. The molecule has 7 heteroatoms. The van der Waals surface area contributed by atoms with Crippen molar-refractivity contribution < 1.29 is 9.18 Å². The van der Waals surface area contributed by atoms with Crippen molar-refractivity contribution in [2.45, 2.75) is 39.8 Å². The molecule has 2 heterocycles. The first-order valence-electron chi connectivity index (χ1n) is 11.0. The van der Waals surface area contributed by atoms with E-state index in [1.54, 1.807) is 24.4 Å². The van der Waals surface area contributed by atoms with Crippen LogP contribution in [0, 0.1) is 19.7 Å². The average Bonchev–Trinajstić information content (AvgIpc) is 3.06. The fraction of sp³-hybridized carbons (Fsp3) is 0.269. The number of nitrogens with one attached hydrogen (secondary N) is 1. The highest BCUT2D eigenvalue weighted by molar-refractivity contribution is 5.87. The minimum atomic E-state index is -0.327. The zero-order valence-corrected chi connectivity index (χ0v) is 19.0. The molecule has 2 aromatic heterocycles. The number of nitrogens with zero attached hydrogens (tertiary/aromatic N) is 3. The minimum absolute atomic E-state index is 0.152. The Kier molecular flexibility index (Phi) is 6.40. The van der Waals surface area contributed by atoms with Crippen LogP contribution in [-0.4, -0.2) is 26.8 Å². The number of rotatable bonds is 7. The number of hydrogen-bond donors (Lipinski definition) is 1. The van der Waals surface area contributed by atoms with Gasteiger partial charge in [-0.25, -0.2) is 9.07 Å². The zero-order valence-electron chi connectivity index (χ0n) is 19.0. The Hall–Kier alpha value is -3.74. The van der Waals surface area contributed by atoms with Gasteiger partial charge >= 0.3 is 0 Å². The van der Waals surface area contributed by atoms with Crippen LogP contribution >= 0.6 is 0 Å². The second-order valence-electron chi connectivity index (χ2n) is 8.36. The molecule has 0 saturated heterocycles. The molecule has 33 heavy (non-hydrogen) atoms. The highest BCUT2D eigenvalue weighted by atomic mass is 19.1. The number of hydrogen-bond acceptors (Lipinski definition) is 3. The molecular formula is C26H27FN4O2. The molecule has 0 radical (unpaired) electrons. The summed E-state index contributed by atoms with van der Waals surface area (Å²) in [6, 6.07) is 16.5. The standard InChI is InChI=1S/C26H27FN4O2/c1-17(20-9-5-4-6-10-20)13-28-24(32)16-31-26(33)25-19(3)30(18(2)22(25)14-29-31)15-21-11-7-8-12-23(21)27/h4-12,14,17H,13,15-16H2,1-3H3,(H,28,32). The molecular weight excluding hydrogens is 419 g/mol. The number of aromatic nitrogens is 3. The number of carbonyl (C=O) groups excluding carboxylic acids is 1. The molecule has 0 aliphatic heterocycles.